The van der Waals surface area contributed by atoms with Crippen LogP contribution < -0.4 is 5.32 Å². The van der Waals surface area contributed by atoms with Crippen LogP contribution in [0.3, 0.4) is 0 Å². The highest BCUT2D eigenvalue weighted by molar-refractivity contribution is 6.11. The van der Waals surface area contributed by atoms with Gasteiger partial charge in [0.15, 0.2) is 0 Å². The molecule has 23 heavy (non-hydrogen) atoms. The summed E-state index contributed by atoms with van der Waals surface area (Å²) in [7, 11) is 0. The Morgan fingerprint density at radius 3 is 2.26 bits per heavy atom. The summed E-state index contributed by atoms with van der Waals surface area (Å²) < 4.78 is 0. The number of rotatable bonds is 4. The predicted molar refractivity (Wildman–Crippen MR) is 89.1 cm³/mol. The largest absolute Gasteiger partial charge is 0.329 e. The van der Waals surface area contributed by atoms with Crippen LogP contribution in [0.1, 0.15) is 11.1 Å². The van der Waals surface area contributed by atoms with Gasteiger partial charge in [0.25, 0.3) is 5.91 Å². The van der Waals surface area contributed by atoms with Gasteiger partial charge in [0.2, 0.25) is 0 Å². The molecule has 0 aromatic heterocycles. The van der Waals surface area contributed by atoms with E-state index in [1.807, 2.05) is 66.7 Å². The number of carbonyl (C=O) groups excluding carboxylic acids is 2. The van der Waals surface area contributed by atoms with Crippen LogP contribution in [-0.2, 0) is 11.3 Å². The zero-order valence-electron chi connectivity index (χ0n) is 12.5. The molecule has 1 heterocycles. The number of nitrogens with one attached hydrogen (secondary N) is 1. The van der Waals surface area contributed by atoms with Gasteiger partial charge in [-0.3, -0.25) is 9.69 Å². The molecule has 114 valence electrons. The Kier molecular flexibility index (Phi) is 4.34. The normalized spacial score (nSPS) is 16.3. The minimum absolute atomic E-state index is 0.269. The van der Waals surface area contributed by atoms with Gasteiger partial charge in [-0.05, 0) is 17.2 Å². The summed E-state index contributed by atoms with van der Waals surface area (Å²) in [5, 5.41) is 2.61. The van der Waals surface area contributed by atoms with Gasteiger partial charge in [0.05, 0.1) is 6.54 Å². The van der Waals surface area contributed by atoms with Crippen LogP contribution in [0.4, 0.5) is 4.79 Å². The van der Waals surface area contributed by atoms with Crippen LogP contribution in [0.15, 0.2) is 78.5 Å². The smallest absolute Gasteiger partial charge is 0.303 e. The maximum absolute atomic E-state index is 12.3. The van der Waals surface area contributed by atoms with Gasteiger partial charge in [-0.25, -0.2) is 4.79 Å². The van der Waals surface area contributed by atoms with Crippen LogP contribution >= 0.6 is 0 Å². The summed E-state index contributed by atoms with van der Waals surface area (Å²) >= 11 is 0. The average molecular weight is 304 g/mol. The Labute approximate surface area is 134 Å². The number of carbonyl (C=O) groups is 2. The van der Waals surface area contributed by atoms with Crippen molar-refractivity contribution >= 4 is 18.0 Å². The minimum atomic E-state index is -0.391. The first-order chi connectivity index (χ1) is 11.2. The van der Waals surface area contributed by atoms with E-state index in [1.165, 1.54) is 4.90 Å². The predicted octanol–water partition coefficient (Wildman–Crippen LogP) is 3.34. The van der Waals surface area contributed by atoms with Crippen molar-refractivity contribution in [3.8, 4) is 0 Å². The average Bonchev–Trinajstić information content (AvgIpc) is 2.85. The van der Waals surface area contributed by atoms with Crippen LogP contribution in [0.2, 0.25) is 0 Å². The number of hydrogen-bond acceptors (Lipinski definition) is 2. The molecule has 0 aliphatic carbocycles. The summed E-state index contributed by atoms with van der Waals surface area (Å²) in [4.78, 5) is 25.5. The van der Waals surface area contributed by atoms with Crippen molar-refractivity contribution < 1.29 is 9.59 Å². The molecule has 1 saturated heterocycles. The van der Waals surface area contributed by atoms with Crippen LogP contribution in [0.5, 0.6) is 0 Å². The second kappa shape index (κ2) is 6.75. The molecule has 1 fully saturated rings. The number of benzene rings is 2. The molecule has 0 atom stereocenters. The van der Waals surface area contributed by atoms with E-state index >= 15 is 0 Å². The lowest BCUT2D eigenvalue weighted by molar-refractivity contribution is -0.123. The van der Waals surface area contributed by atoms with Crippen molar-refractivity contribution in [2.75, 3.05) is 0 Å². The van der Waals surface area contributed by atoms with Gasteiger partial charge in [-0.1, -0.05) is 72.8 Å². The number of nitrogens with zero attached hydrogens (tertiary/aromatic N) is 1. The summed E-state index contributed by atoms with van der Waals surface area (Å²) in [5.74, 6) is -0.309. The molecule has 0 bridgehead atoms. The first-order valence-electron chi connectivity index (χ1n) is 7.34. The van der Waals surface area contributed by atoms with E-state index in [-0.39, 0.29) is 18.1 Å². The molecular weight excluding hydrogens is 288 g/mol. The van der Waals surface area contributed by atoms with Gasteiger partial charge in [0.1, 0.15) is 5.70 Å². The topological polar surface area (TPSA) is 49.4 Å². The zero-order chi connectivity index (χ0) is 16.1. The molecule has 3 rings (SSSR count). The van der Waals surface area contributed by atoms with E-state index in [9.17, 15) is 9.59 Å². The highest BCUT2D eigenvalue weighted by Gasteiger charge is 2.32. The van der Waals surface area contributed by atoms with Crippen LogP contribution in [-0.4, -0.2) is 16.8 Å². The Morgan fingerprint density at radius 1 is 0.913 bits per heavy atom. The summed E-state index contributed by atoms with van der Waals surface area (Å²) in [6.07, 6.45) is 5.26. The van der Waals surface area contributed by atoms with Gasteiger partial charge >= 0.3 is 6.03 Å². The van der Waals surface area contributed by atoms with Gasteiger partial charge < -0.3 is 5.32 Å². The summed E-state index contributed by atoms with van der Waals surface area (Å²) in [6.45, 7) is 0.269. The summed E-state index contributed by atoms with van der Waals surface area (Å²) in [5.41, 5.74) is 2.23. The molecule has 0 saturated carbocycles. The fourth-order valence-electron chi connectivity index (χ4n) is 2.32. The Hall–Kier alpha value is -3.14. The molecule has 4 heteroatoms. The lowest BCUT2D eigenvalue weighted by Crippen LogP contribution is -2.30. The third-order valence-corrected chi connectivity index (χ3v) is 3.50. The molecule has 1 aliphatic rings. The SMILES string of the molecule is O=C1N/C(=C/C=C/c2ccccc2)C(=O)N1Cc1ccccc1. The van der Waals surface area contributed by atoms with Gasteiger partial charge in [-0.2, -0.15) is 0 Å². The first-order valence-corrected chi connectivity index (χ1v) is 7.34. The molecule has 2 aromatic rings. The van der Waals surface area contributed by atoms with Crippen molar-refractivity contribution in [3.63, 3.8) is 0 Å². The van der Waals surface area contributed by atoms with E-state index in [1.54, 1.807) is 12.2 Å². The number of amides is 3. The molecule has 2 aromatic carbocycles. The minimum Gasteiger partial charge on any atom is -0.303 e. The quantitative estimate of drug-likeness (QED) is 0.695. The molecule has 4 nitrogen and oxygen atoms in total. The molecule has 0 radical (unpaired) electrons. The van der Waals surface area contributed by atoms with E-state index in [0.717, 1.165) is 11.1 Å². The zero-order valence-corrected chi connectivity index (χ0v) is 12.5. The highest BCUT2D eigenvalue weighted by Crippen LogP contribution is 2.14. The second-order valence-electron chi connectivity index (χ2n) is 5.16. The first kappa shape index (κ1) is 14.8. The van der Waals surface area contributed by atoms with E-state index < -0.39 is 6.03 Å². The van der Waals surface area contributed by atoms with E-state index in [2.05, 4.69) is 5.32 Å². The fourth-order valence-corrected chi connectivity index (χ4v) is 2.32. The van der Waals surface area contributed by atoms with E-state index in [0.29, 0.717) is 0 Å². The maximum Gasteiger partial charge on any atom is 0.329 e. The standard InChI is InChI=1S/C19H16N2O2/c22-18-17(13-7-12-15-8-3-1-4-9-15)20-19(23)21(18)14-16-10-5-2-6-11-16/h1-13H,14H2,(H,20,23)/b12-7+,17-13+. The monoisotopic (exact) mass is 304 g/mol. The van der Waals surface area contributed by atoms with Crippen molar-refractivity contribution in [2.24, 2.45) is 0 Å². The lowest BCUT2D eigenvalue weighted by Gasteiger charge is -2.11. The van der Waals surface area contributed by atoms with Crippen molar-refractivity contribution in [3.05, 3.63) is 89.6 Å². The highest BCUT2D eigenvalue weighted by atomic mass is 16.2. The fraction of sp³-hybridized carbons (Fsp3) is 0.0526. The molecule has 0 unspecified atom stereocenters. The van der Waals surface area contributed by atoms with Crippen molar-refractivity contribution in [1.82, 2.24) is 10.2 Å². The number of allylic oxidation sites excluding steroid dienone is 2. The Balaban J connectivity index is 1.71. The summed E-state index contributed by atoms with van der Waals surface area (Å²) in [6, 6.07) is 18.8. The van der Waals surface area contributed by atoms with Gasteiger partial charge in [-0.15, -0.1) is 0 Å². The van der Waals surface area contributed by atoms with Crippen LogP contribution in [0.25, 0.3) is 6.08 Å². The Bertz CT molecular complexity index is 764. The van der Waals surface area contributed by atoms with Gasteiger partial charge in [0, 0.05) is 0 Å². The van der Waals surface area contributed by atoms with Crippen LogP contribution in [0, 0.1) is 0 Å². The maximum atomic E-state index is 12.3. The number of urea groups is 1. The van der Waals surface area contributed by atoms with E-state index in [4.69, 9.17) is 0 Å². The molecule has 1 N–H and O–H groups in total. The molecule has 1 aliphatic heterocycles. The third kappa shape index (κ3) is 3.55. The molecular formula is C19H16N2O2. The third-order valence-electron chi connectivity index (χ3n) is 3.50. The number of hydrogen-bond donors (Lipinski definition) is 1. The molecule has 0 spiro atoms. The van der Waals surface area contributed by atoms with Crippen molar-refractivity contribution in [2.45, 2.75) is 6.54 Å². The van der Waals surface area contributed by atoms with Crippen molar-refractivity contribution in [1.29, 1.82) is 0 Å². The Morgan fingerprint density at radius 2 is 1.57 bits per heavy atom. The lowest BCUT2D eigenvalue weighted by atomic mass is 10.2. The molecule has 3 amide bonds. The second-order valence-corrected chi connectivity index (χ2v) is 5.16. The number of imide groups is 1.